The van der Waals surface area contributed by atoms with Crippen molar-refractivity contribution in [2.75, 3.05) is 32.9 Å². The van der Waals surface area contributed by atoms with E-state index in [0.29, 0.717) is 45.8 Å². The van der Waals surface area contributed by atoms with Gasteiger partial charge in [0.1, 0.15) is 6.04 Å². The smallest absolute Gasteiger partial charge is 0.410 e. The zero-order valence-electron chi connectivity index (χ0n) is 17.2. The Balaban J connectivity index is 1.57. The summed E-state index contributed by atoms with van der Waals surface area (Å²) in [6, 6.07) is 10.9. The number of hydrogen-bond acceptors (Lipinski definition) is 6. The molecule has 162 valence electrons. The molecule has 0 spiro atoms. The van der Waals surface area contributed by atoms with E-state index in [2.05, 4.69) is 11.4 Å². The number of benzene rings is 1. The second-order valence-corrected chi connectivity index (χ2v) is 7.68. The van der Waals surface area contributed by atoms with E-state index in [0.717, 1.165) is 24.8 Å². The Kier molecular flexibility index (Phi) is 8.05. The quantitative estimate of drug-likeness (QED) is 0.734. The molecule has 2 amide bonds. The molecule has 0 aromatic heterocycles. The first-order valence-corrected chi connectivity index (χ1v) is 10.5. The third-order valence-electron chi connectivity index (χ3n) is 5.48. The molecule has 1 aliphatic heterocycles. The first-order chi connectivity index (χ1) is 14.6. The van der Waals surface area contributed by atoms with E-state index in [1.165, 1.54) is 0 Å². The van der Waals surface area contributed by atoms with Gasteiger partial charge in [0.25, 0.3) is 5.91 Å². The van der Waals surface area contributed by atoms with Gasteiger partial charge < -0.3 is 24.4 Å². The third kappa shape index (κ3) is 5.94. The number of morpholine rings is 1. The molecular weight excluding hydrogens is 386 g/mol. The van der Waals surface area contributed by atoms with Crippen LogP contribution in [0.2, 0.25) is 0 Å². The van der Waals surface area contributed by atoms with Gasteiger partial charge in [0.2, 0.25) is 0 Å². The number of carbonyl (C=O) groups excluding carboxylic acids is 2. The summed E-state index contributed by atoms with van der Waals surface area (Å²) in [5.74, 6) is -0.418. The van der Waals surface area contributed by atoms with Crippen molar-refractivity contribution in [3.05, 3.63) is 35.9 Å². The van der Waals surface area contributed by atoms with Gasteiger partial charge in [-0.3, -0.25) is 4.79 Å². The normalized spacial score (nSPS) is 19.4. The van der Waals surface area contributed by atoms with Gasteiger partial charge in [0.05, 0.1) is 32.5 Å². The molecular formula is C22H29N3O5. The van der Waals surface area contributed by atoms with Crippen LogP contribution in [0.1, 0.15) is 37.7 Å². The molecule has 30 heavy (non-hydrogen) atoms. The summed E-state index contributed by atoms with van der Waals surface area (Å²) >= 11 is 0. The molecule has 2 fully saturated rings. The molecule has 1 aromatic carbocycles. The molecule has 1 aromatic rings. The van der Waals surface area contributed by atoms with Crippen LogP contribution in [0.4, 0.5) is 4.79 Å². The van der Waals surface area contributed by atoms with Crippen LogP contribution in [0.3, 0.4) is 0 Å². The number of nitrogens with one attached hydrogen (secondary N) is 1. The molecule has 1 heterocycles. The van der Waals surface area contributed by atoms with Crippen LogP contribution in [0, 0.1) is 11.3 Å². The molecule has 0 unspecified atom stereocenters. The molecule has 8 heteroatoms. The molecule has 2 aliphatic rings. The number of carbonyl (C=O) groups is 2. The van der Waals surface area contributed by atoms with Gasteiger partial charge >= 0.3 is 6.09 Å². The molecule has 1 aliphatic carbocycles. The van der Waals surface area contributed by atoms with Gasteiger partial charge in [-0.1, -0.05) is 36.8 Å². The summed E-state index contributed by atoms with van der Waals surface area (Å²) in [5.41, 5.74) is -0.244. The molecule has 0 bridgehead atoms. The van der Waals surface area contributed by atoms with Crippen molar-refractivity contribution >= 4 is 12.0 Å². The van der Waals surface area contributed by atoms with Gasteiger partial charge in [0.15, 0.2) is 5.60 Å². The number of hydrogen-bond donors (Lipinski definition) is 1. The molecule has 0 radical (unpaired) electrons. The molecule has 1 saturated heterocycles. The topological polar surface area (TPSA) is 101 Å². The maximum atomic E-state index is 13.1. The molecule has 1 atom stereocenters. The number of ether oxygens (including phenoxy) is 3. The molecule has 8 nitrogen and oxygen atoms in total. The van der Waals surface area contributed by atoms with Gasteiger partial charge in [-0.25, -0.2) is 4.79 Å². The zero-order valence-corrected chi connectivity index (χ0v) is 17.2. The van der Waals surface area contributed by atoms with Crippen LogP contribution in [0.15, 0.2) is 30.3 Å². The average Bonchev–Trinajstić information content (AvgIpc) is 2.80. The largest absolute Gasteiger partial charge is 0.433 e. The minimum atomic E-state index is -1.23. The highest BCUT2D eigenvalue weighted by molar-refractivity contribution is 5.88. The van der Waals surface area contributed by atoms with Crippen molar-refractivity contribution in [3.63, 3.8) is 0 Å². The first kappa shape index (κ1) is 22.1. The van der Waals surface area contributed by atoms with E-state index >= 15 is 0 Å². The summed E-state index contributed by atoms with van der Waals surface area (Å²) in [4.78, 5) is 27.3. The predicted octanol–water partition coefficient (Wildman–Crippen LogP) is 2.38. The van der Waals surface area contributed by atoms with E-state index in [4.69, 9.17) is 14.2 Å². The van der Waals surface area contributed by atoms with Gasteiger partial charge in [-0.15, -0.1) is 0 Å². The van der Waals surface area contributed by atoms with E-state index in [-0.39, 0.29) is 6.61 Å². The number of amides is 2. The van der Waals surface area contributed by atoms with E-state index < -0.39 is 23.6 Å². The van der Waals surface area contributed by atoms with Gasteiger partial charge in [-0.05, 0) is 31.2 Å². The van der Waals surface area contributed by atoms with Crippen molar-refractivity contribution in [2.45, 2.75) is 50.4 Å². The fourth-order valence-electron chi connectivity index (χ4n) is 3.75. The summed E-state index contributed by atoms with van der Waals surface area (Å²) in [6.45, 7) is 2.24. The lowest BCUT2D eigenvalue weighted by atomic mass is 9.83. The van der Waals surface area contributed by atoms with E-state index in [1.54, 1.807) is 4.90 Å². The second-order valence-electron chi connectivity index (χ2n) is 7.68. The monoisotopic (exact) mass is 415 g/mol. The second kappa shape index (κ2) is 11.0. The SMILES string of the molecule is N#C[C@H](COCc1ccccc1)NC(=O)C1(OC(=O)N2CCOCC2)CCCCC1. The van der Waals surface area contributed by atoms with Crippen molar-refractivity contribution in [1.82, 2.24) is 10.2 Å². The highest BCUT2D eigenvalue weighted by atomic mass is 16.6. The van der Waals surface area contributed by atoms with Gasteiger partial charge in [-0.2, -0.15) is 5.26 Å². The van der Waals surface area contributed by atoms with Crippen LogP contribution < -0.4 is 5.32 Å². The standard InChI is InChI=1S/C22H29N3O5/c23-15-19(17-29-16-18-7-3-1-4-8-18)24-20(26)22(9-5-2-6-10-22)30-21(27)25-11-13-28-14-12-25/h1,3-4,7-8,19H,2,5-6,9-14,16-17H2,(H,24,26)/t19-/m1/s1. The summed E-state index contributed by atoms with van der Waals surface area (Å²) < 4.78 is 16.6. The zero-order chi connectivity index (χ0) is 21.2. The van der Waals surface area contributed by atoms with Crippen LogP contribution in [-0.2, 0) is 25.6 Å². The highest BCUT2D eigenvalue weighted by Gasteiger charge is 2.45. The summed E-state index contributed by atoms with van der Waals surface area (Å²) in [5, 5.41) is 12.2. The molecule has 1 N–H and O–H groups in total. The van der Waals surface area contributed by atoms with E-state index in [1.807, 2.05) is 30.3 Å². The minimum Gasteiger partial charge on any atom is -0.433 e. The Bertz CT molecular complexity index is 737. The third-order valence-corrected chi connectivity index (χ3v) is 5.48. The lowest BCUT2D eigenvalue weighted by Gasteiger charge is -2.38. The number of nitriles is 1. The lowest BCUT2D eigenvalue weighted by molar-refractivity contribution is -0.146. The summed E-state index contributed by atoms with van der Waals surface area (Å²) in [7, 11) is 0. The highest BCUT2D eigenvalue weighted by Crippen LogP contribution is 2.33. The van der Waals surface area contributed by atoms with Crippen molar-refractivity contribution < 1.29 is 23.8 Å². The Morgan fingerprint density at radius 1 is 1.17 bits per heavy atom. The Morgan fingerprint density at radius 2 is 1.87 bits per heavy atom. The Hall–Kier alpha value is -2.63. The van der Waals surface area contributed by atoms with Gasteiger partial charge in [0, 0.05) is 13.1 Å². The van der Waals surface area contributed by atoms with E-state index in [9.17, 15) is 14.9 Å². The maximum Gasteiger partial charge on any atom is 0.410 e. The van der Waals surface area contributed by atoms with Crippen LogP contribution in [0.5, 0.6) is 0 Å². The maximum absolute atomic E-state index is 13.1. The minimum absolute atomic E-state index is 0.0601. The van der Waals surface area contributed by atoms with Crippen LogP contribution >= 0.6 is 0 Å². The fraction of sp³-hybridized carbons (Fsp3) is 0.591. The van der Waals surface area contributed by atoms with Crippen LogP contribution in [-0.4, -0.2) is 61.5 Å². The predicted molar refractivity (Wildman–Crippen MR) is 108 cm³/mol. The molecule has 3 rings (SSSR count). The Morgan fingerprint density at radius 3 is 2.53 bits per heavy atom. The summed E-state index contributed by atoms with van der Waals surface area (Å²) in [6.07, 6.45) is 3.00. The Labute approximate surface area is 177 Å². The number of rotatable bonds is 7. The number of nitrogens with zero attached hydrogens (tertiary/aromatic N) is 2. The molecule has 1 saturated carbocycles. The van der Waals surface area contributed by atoms with Crippen molar-refractivity contribution in [2.24, 2.45) is 0 Å². The van der Waals surface area contributed by atoms with Crippen molar-refractivity contribution in [1.29, 1.82) is 5.26 Å². The first-order valence-electron chi connectivity index (χ1n) is 10.5. The fourth-order valence-corrected chi connectivity index (χ4v) is 3.75. The van der Waals surface area contributed by atoms with Crippen LogP contribution in [0.25, 0.3) is 0 Å². The van der Waals surface area contributed by atoms with Crippen molar-refractivity contribution in [3.8, 4) is 6.07 Å². The average molecular weight is 415 g/mol. The lowest BCUT2D eigenvalue weighted by Crippen LogP contribution is -2.56.